The summed E-state index contributed by atoms with van der Waals surface area (Å²) in [5, 5.41) is 17.8. The first kappa shape index (κ1) is 26.4. The first-order chi connectivity index (χ1) is 12.6. The Kier molecular flexibility index (Phi) is 13.5. The molecule has 0 fully saturated rings. The van der Waals surface area contributed by atoms with Crippen LogP contribution in [-0.4, -0.2) is 10.2 Å². The summed E-state index contributed by atoms with van der Waals surface area (Å²) in [7, 11) is 0. The molecule has 0 radical (unpaired) electrons. The van der Waals surface area contributed by atoms with Crippen LogP contribution < -0.4 is 0 Å². The minimum absolute atomic E-state index is 0. The maximum absolute atomic E-state index is 8.91. The summed E-state index contributed by atoms with van der Waals surface area (Å²) in [5.41, 5.74) is 4.60. The van der Waals surface area contributed by atoms with Gasteiger partial charge in [0.15, 0.2) is 0 Å². The normalized spacial score (nSPS) is 11.4. The second-order valence-corrected chi connectivity index (χ2v) is 6.14. The second kappa shape index (κ2) is 14.4. The topological polar surface area (TPSA) is 40.5 Å². The third-order valence-electron chi connectivity index (χ3n) is 4.00. The van der Waals surface area contributed by atoms with E-state index >= 15 is 0 Å². The number of aliphatic hydroxyl groups is 2. The summed E-state index contributed by atoms with van der Waals surface area (Å²) in [6.45, 7) is 3.52. The Bertz CT molecular complexity index is 709. The van der Waals surface area contributed by atoms with Crippen molar-refractivity contribution in [3.05, 3.63) is 108 Å². The number of aliphatic hydroxyl groups excluding tert-OH is 2. The molecule has 4 aromatic rings. The summed E-state index contributed by atoms with van der Waals surface area (Å²) in [5.74, 6) is 0. The third kappa shape index (κ3) is 9.03. The zero-order valence-corrected chi connectivity index (χ0v) is 18.2. The third-order valence-corrected chi connectivity index (χ3v) is 4.00. The predicted molar refractivity (Wildman–Crippen MR) is 108 cm³/mol. The summed E-state index contributed by atoms with van der Waals surface area (Å²) in [6, 6.07) is 32.0. The fourth-order valence-corrected chi connectivity index (χ4v) is 2.47. The Labute approximate surface area is 189 Å². The molecule has 2 nitrogen and oxygen atoms in total. The fraction of sp³-hybridized carbons (Fsp3) is 0.167. The molecule has 0 bridgehead atoms. The van der Waals surface area contributed by atoms with Gasteiger partial charge in [-0.1, -0.05) is 0 Å². The Hall–Kier alpha value is -1.64. The smallest absolute Gasteiger partial charge is 0.0322 e. The molecule has 4 aromatic carbocycles. The molecule has 2 atom stereocenters. The summed E-state index contributed by atoms with van der Waals surface area (Å²) in [4.78, 5) is 0. The largest absolute Gasteiger partial charge is 0.565 e. The zero-order chi connectivity index (χ0) is 18.8. The van der Waals surface area contributed by atoms with Gasteiger partial charge in [-0.15, -0.1) is 11.1 Å². The van der Waals surface area contributed by atoms with Crippen LogP contribution in [0.4, 0.5) is 0 Å². The predicted octanol–water partition coefficient (Wildman–Crippen LogP) is 5.70. The molecule has 4 heteroatoms. The molecule has 0 saturated carbocycles. The molecule has 0 saturated heterocycles. The molecule has 4 rings (SSSR count). The molecular formula is C24H26Fe2O2-8. The van der Waals surface area contributed by atoms with E-state index in [1.54, 1.807) is 13.8 Å². The Balaban J connectivity index is 0.000000381. The van der Waals surface area contributed by atoms with Crippen LogP contribution >= 0.6 is 0 Å². The number of rotatable bonds is 3. The van der Waals surface area contributed by atoms with Gasteiger partial charge in [-0.3, -0.25) is 0 Å². The van der Waals surface area contributed by atoms with Crippen molar-refractivity contribution < 1.29 is 44.4 Å². The van der Waals surface area contributed by atoms with Gasteiger partial charge in [0.2, 0.25) is 0 Å². The van der Waals surface area contributed by atoms with Crippen molar-refractivity contribution in [2.75, 3.05) is 0 Å². The van der Waals surface area contributed by atoms with Gasteiger partial charge in [0.1, 0.15) is 0 Å². The maximum atomic E-state index is 8.91. The monoisotopic (exact) mass is 458 g/mol. The van der Waals surface area contributed by atoms with Gasteiger partial charge in [-0.05, 0) is 13.8 Å². The van der Waals surface area contributed by atoms with E-state index in [-0.39, 0.29) is 46.3 Å². The van der Waals surface area contributed by atoms with Crippen LogP contribution in [0.5, 0.6) is 0 Å². The van der Waals surface area contributed by atoms with E-state index in [1.165, 1.54) is 11.1 Å². The number of hydrogen-bond donors (Lipinski definition) is 2. The first-order valence-electron chi connectivity index (χ1n) is 8.81. The van der Waals surface area contributed by atoms with Crippen molar-refractivity contribution in [1.29, 1.82) is 0 Å². The fourth-order valence-electron chi connectivity index (χ4n) is 2.47. The van der Waals surface area contributed by atoms with E-state index in [9.17, 15) is 0 Å². The Morgan fingerprint density at radius 1 is 0.607 bits per heavy atom. The van der Waals surface area contributed by atoms with E-state index in [0.29, 0.717) is 0 Å². The van der Waals surface area contributed by atoms with Gasteiger partial charge in [-0.2, -0.15) is 24.3 Å². The second-order valence-electron chi connectivity index (χ2n) is 6.14. The van der Waals surface area contributed by atoms with E-state index < -0.39 is 0 Å². The summed E-state index contributed by atoms with van der Waals surface area (Å²) in [6.07, 6.45) is -0.630. The van der Waals surface area contributed by atoms with Gasteiger partial charge in [0.05, 0.1) is 0 Å². The van der Waals surface area contributed by atoms with Crippen molar-refractivity contribution in [2.45, 2.75) is 26.1 Å². The molecule has 0 aliphatic carbocycles. The molecule has 158 valence electrons. The average molecular weight is 458 g/mol. The van der Waals surface area contributed by atoms with Crippen molar-refractivity contribution in [3.63, 3.8) is 0 Å². The minimum atomic E-state index is -0.315. The quantitative estimate of drug-likeness (QED) is 0.306. The Morgan fingerprint density at radius 2 is 0.929 bits per heavy atom. The van der Waals surface area contributed by atoms with Crippen LogP contribution in [-0.2, 0) is 34.1 Å². The molecule has 0 amide bonds. The molecule has 0 aliphatic heterocycles. The maximum Gasteiger partial charge on any atom is 0.0322 e. The number of hydrogen-bond acceptors (Lipinski definition) is 2. The van der Waals surface area contributed by atoms with Crippen molar-refractivity contribution in [3.8, 4) is 11.1 Å². The van der Waals surface area contributed by atoms with E-state index in [4.69, 9.17) is 10.2 Å². The molecule has 0 aliphatic rings. The molecule has 2 N–H and O–H groups in total. The molecule has 28 heavy (non-hydrogen) atoms. The van der Waals surface area contributed by atoms with Crippen molar-refractivity contribution in [2.24, 2.45) is 0 Å². The zero-order valence-electron chi connectivity index (χ0n) is 16.0. The van der Waals surface area contributed by atoms with Crippen LogP contribution in [0.15, 0.2) is 97.1 Å². The van der Waals surface area contributed by atoms with Crippen LogP contribution in [0, 0.1) is 0 Å². The summed E-state index contributed by atoms with van der Waals surface area (Å²) >= 11 is 0. The molecule has 2 unspecified atom stereocenters. The van der Waals surface area contributed by atoms with Gasteiger partial charge in [0, 0.05) is 46.3 Å². The van der Waals surface area contributed by atoms with E-state index in [2.05, 4.69) is 48.5 Å². The molecular weight excluding hydrogens is 432 g/mol. The molecule has 0 aromatic heterocycles. The van der Waals surface area contributed by atoms with Crippen LogP contribution in [0.2, 0.25) is 0 Å². The SMILES string of the molecule is CC(O)[c-]1cccc1.CC(O)[c-]1cccc1.[Fe].[Fe].c1cc[c-](-[c-]2[cH-][cH-][cH-][cH-]2)c1. The van der Waals surface area contributed by atoms with Gasteiger partial charge < -0.3 is 69.9 Å². The average Bonchev–Trinajstić information content (AvgIpc) is 3.47. The van der Waals surface area contributed by atoms with E-state index in [0.717, 1.165) is 11.1 Å². The molecule has 0 spiro atoms. The van der Waals surface area contributed by atoms with Gasteiger partial charge >= 0.3 is 0 Å². The van der Waals surface area contributed by atoms with Crippen LogP contribution in [0.25, 0.3) is 11.1 Å². The van der Waals surface area contributed by atoms with E-state index in [1.807, 2.05) is 48.5 Å². The standard InChI is InChI=1S/C10H8.2C7H9O.2Fe/c1-2-6-9(5-1)10-7-3-4-8-10;2*1-6(8)7-4-2-3-5-7;;/h1-8H;2*2-6,8H,1H3;;/q-6;2*-1;;. The minimum Gasteiger partial charge on any atom is -0.565 e. The van der Waals surface area contributed by atoms with Gasteiger partial charge in [-0.25, -0.2) is 24.3 Å². The van der Waals surface area contributed by atoms with Crippen molar-refractivity contribution in [1.82, 2.24) is 0 Å². The first-order valence-corrected chi connectivity index (χ1v) is 8.81. The van der Waals surface area contributed by atoms with Gasteiger partial charge in [0.25, 0.3) is 0 Å². The van der Waals surface area contributed by atoms with Crippen molar-refractivity contribution >= 4 is 0 Å². The Morgan fingerprint density at radius 3 is 1.21 bits per heavy atom. The molecule has 0 heterocycles. The van der Waals surface area contributed by atoms with Crippen LogP contribution in [0.1, 0.15) is 37.2 Å². The van der Waals surface area contributed by atoms with Crippen LogP contribution in [0.3, 0.4) is 0 Å². The summed E-state index contributed by atoms with van der Waals surface area (Å²) < 4.78 is 0.